The summed E-state index contributed by atoms with van der Waals surface area (Å²) in [7, 11) is 0. The number of nitrogens with zero attached hydrogens (tertiary/aromatic N) is 4. The molecule has 2 heterocycles. The highest BCUT2D eigenvalue weighted by Crippen LogP contribution is 2.30. The van der Waals surface area contributed by atoms with E-state index in [1.807, 2.05) is 17.0 Å². The van der Waals surface area contributed by atoms with E-state index >= 15 is 0 Å². The maximum atomic E-state index is 11.5. The van der Waals surface area contributed by atoms with Gasteiger partial charge >= 0.3 is 0 Å². The molecule has 5 nitrogen and oxygen atoms in total. The molecule has 5 heteroatoms. The first-order valence-electron chi connectivity index (χ1n) is 9.23. The van der Waals surface area contributed by atoms with E-state index in [9.17, 15) is 4.79 Å². The maximum absolute atomic E-state index is 11.5. The van der Waals surface area contributed by atoms with Crippen molar-refractivity contribution in [2.24, 2.45) is 5.92 Å². The molecule has 0 saturated carbocycles. The average molecular weight is 340 g/mol. The summed E-state index contributed by atoms with van der Waals surface area (Å²) in [4.78, 5) is 18.6. The Hall–Kier alpha value is -1.90. The number of hydrogen-bond donors (Lipinski definition) is 0. The SMILES string of the molecule is CC(=O)N1CCN([C@@H]2CN([C@H](C)c3ccc(C#N)cc3)C[C@H]2C)CC1. The standard InChI is InChI=1S/C20H28N4O/c1-15-13-24(16(2)19-6-4-18(12-21)5-7-19)14-20(15)23-10-8-22(9-11-23)17(3)25/h4-7,15-16,20H,8-11,13-14H2,1-3H3/t15-,16-,20-/m1/s1. The van der Waals surface area contributed by atoms with Crippen molar-refractivity contribution in [1.82, 2.24) is 14.7 Å². The first-order valence-corrected chi connectivity index (χ1v) is 9.23. The van der Waals surface area contributed by atoms with E-state index < -0.39 is 0 Å². The van der Waals surface area contributed by atoms with Gasteiger partial charge in [-0.05, 0) is 30.5 Å². The smallest absolute Gasteiger partial charge is 0.219 e. The Morgan fingerprint density at radius 2 is 1.80 bits per heavy atom. The molecule has 0 aliphatic carbocycles. The zero-order valence-electron chi connectivity index (χ0n) is 15.5. The lowest BCUT2D eigenvalue weighted by atomic mass is 10.0. The van der Waals surface area contributed by atoms with Crippen molar-refractivity contribution in [3.05, 3.63) is 35.4 Å². The van der Waals surface area contributed by atoms with Gasteiger partial charge < -0.3 is 4.90 Å². The van der Waals surface area contributed by atoms with Gasteiger partial charge in [0.25, 0.3) is 0 Å². The Morgan fingerprint density at radius 1 is 1.16 bits per heavy atom. The third-order valence-corrected chi connectivity index (χ3v) is 5.90. The monoisotopic (exact) mass is 340 g/mol. The van der Waals surface area contributed by atoms with E-state index in [1.54, 1.807) is 6.92 Å². The van der Waals surface area contributed by atoms with E-state index in [4.69, 9.17) is 5.26 Å². The van der Waals surface area contributed by atoms with Crippen LogP contribution in [0.3, 0.4) is 0 Å². The third kappa shape index (κ3) is 3.86. The van der Waals surface area contributed by atoms with Gasteiger partial charge in [0.1, 0.15) is 0 Å². The van der Waals surface area contributed by atoms with Crippen LogP contribution in [0, 0.1) is 17.2 Å². The fourth-order valence-electron chi connectivity index (χ4n) is 4.19. The van der Waals surface area contributed by atoms with Gasteiger partial charge in [-0.25, -0.2) is 0 Å². The van der Waals surface area contributed by atoms with Crippen LogP contribution in [-0.4, -0.2) is 65.9 Å². The maximum Gasteiger partial charge on any atom is 0.219 e. The quantitative estimate of drug-likeness (QED) is 0.846. The lowest BCUT2D eigenvalue weighted by molar-refractivity contribution is -0.130. The number of amides is 1. The normalized spacial score (nSPS) is 26.4. The van der Waals surface area contributed by atoms with Crippen molar-refractivity contribution in [3.63, 3.8) is 0 Å². The second-order valence-electron chi connectivity index (χ2n) is 7.45. The van der Waals surface area contributed by atoms with Gasteiger partial charge in [0, 0.05) is 58.3 Å². The van der Waals surface area contributed by atoms with Crippen LogP contribution in [0.25, 0.3) is 0 Å². The molecule has 0 spiro atoms. The number of carbonyl (C=O) groups is 1. The van der Waals surface area contributed by atoms with Crippen LogP contribution in [0.1, 0.15) is 37.9 Å². The number of rotatable bonds is 3. The van der Waals surface area contributed by atoms with E-state index in [-0.39, 0.29) is 5.91 Å². The van der Waals surface area contributed by atoms with Crippen molar-refractivity contribution in [2.75, 3.05) is 39.3 Å². The summed E-state index contributed by atoms with van der Waals surface area (Å²) in [5.41, 5.74) is 1.99. The second-order valence-corrected chi connectivity index (χ2v) is 7.45. The zero-order valence-corrected chi connectivity index (χ0v) is 15.5. The molecule has 3 rings (SSSR count). The van der Waals surface area contributed by atoms with E-state index in [1.165, 1.54) is 5.56 Å². The molecule has 134 valence electrons. The van der Waals surface area contributed by atoms with Crippen LogP contribution < -0.4 is 0 Å². The molecule has 0 N–H and O–H groups in total. The number of hydrogen-bond acceptors (Lipinski definition) is 4. The molecule has 1 aromatic carbocycles. The summed E-state index contributed by atoms with van der Waals surface area (Å²) in [6.45, 7) is 12.1. The van der Waals surface area contributed by atoms with E-state index in [0.29, 0.717) is 23.6 Å². The molecule has 2 aliphatic heterocycles. The molecule has 0 aromatic heterocycles. The van der Waals surface area contributed by atoms with Gasteiger partial charge in [-0.2, -0.15) is 5.26 Å². The summed E-state index contributed by atoms with van der Waals surface area (Å²) in [6, 6.07) is 11.1. The molecule has 1 amide bonds. The average Bonchev–Trinajstić information content (AvgIpc) is 3.03. The molecule has 0 unspecified atom stereocenters. The van der Waals surface area contributed by atoms with Crippen molar-refractivity contribution < 1.29 is 4.79 Å². The third-order valence-electron chi connectivity index (χ3n) is 5.90. The molecule has 1 aromatic rings. The van der Waals surface area contributed by atoms with Crippen LogP contribution in [0.2, 0.25) is 0 Å². The summed E-state index contributed by atoms with van der Waals surface area (Å²) in [6.07, 6.45) is 0. The summed E-state index contributed by atoms with van der Waals surface area (Å²) in [5.74, 6) is 0.819. The first-order chi connectivity index (χ1) is 12.0. The van der Waals surface area contributed by atoms with Crippen molar-refractivity contribution in [2.45, 2.75) is 32.9 Å². The summed E-state index contributed by atoms with van der Waals surface area (Å²) in [5, 5.41) is 8.95. The van der Waals surface area contributed by atoms with Crippen molar-refractivity contribution in [1.29, 1.82) is 5.26 Å². The van der Waals surface area contributed by atoms with Gasteiger partial charge in [-0.3, -0.25) is 14.6 Å². The Labute approximate surface area is 150 Å². The highest BCUT2D eigenvalue weighted by molar-refractivity contribution is 5.73. The molecular weight excluding hydrogens is 312 g/mol. The fourth-order valence-corrected chi connectivity index (χ4v) is 4.19. The fraction of sp³-hybridized carbons (Fsp3) is 0.600. The predicted octanol–water partition coefficient (Wildman–Crippen LogP) is 2.10. The minimum Gasteiger partial charge on any atom is -0.340 e. The molecule has 0 radical (unpaired) electrons. The Bertz CT molecular complexity index is 643. The minimum atomic E-state index is 0.190. The predicted molar refractivity (Wildman–Crippen MR) is 97.9 cm³/mol. The number of nitriles is 1. The number of piperazine rings is 1. The number of benzene rings is 1. The molecule has 2 fully saturated rings. The van der Waals surface area contributed by atoms with Gasteiger partial charge in [-0.15, -0.1) is 0 Å². The minimum absolute atomic E-state index is 0.190. The topological polar surface area (TPSA) is 50.6 Å². The molecule has 0 bridgehead atoms. The van der Waals surface area contributed by atoms with Crippen LogP contribution in [-0.2, 0) is 4.79 Å². The molecular formula is C20H28N4O. The van der Waals surface area contributed by atoms with Crippen LogP contribution >= 0.6 is 0 Å². The van der Waals surface area contributed by atoms with Gasteiger partial charge in [0.15, 0.2) is 0 Å². The van der Waals surface area contributed by atoms with Gasteiger partial charge in [-0.1, -0.05) is 19.1 Å². The largest absolute Gasteiger partial charge is 0.340 e. The van der Waals surface area contributed by atoms with Crippen molar-refractivity contribution in [3.8, 4) is 6.07 Å². The highest BCUT2D eigenvalue weighted by Gasteiger charge is 2.37. The molecule has 3 atom stereocenters. The van der Waals surface area contributed by atoms with E-state index in [2.05, 4.69) is 41.8 Å². The molecule has 2 aliphatic rings. The van der Waals surface area contributed by atoms with Crippen molar-refractivity contribution >= 4 is 5.91 Å². The molecule has 2 saturated heterocycles. The first kappa shape index (κ1) is 17.9. The van der Waals surface area contributed by atoms with Crippen LogP contribution in [0.5, 0.6) is 0 Å². The Morgan fingerprint density at radius 3 is 2.36 bits per heavy atom. The van der Waals surface area contributed by atoms with Crippen LogP contribution in [0.4, 0.5) is 0 Å². The Kier molecular flexibility index (Phi) is 5.41. The number of carbonyl (C=O) groups excluding carboxylic acids is 1. The Balaban J connectivity index is 1.61. The highest BCUT2D eigenvalue weighted by atomic mass is 16.2. The zero-order chi connectivity index (χ0) is 18.0. The second kappa shape index (κ2) is 7.55. The summed E-state index contributed by atoms with van der Waals surface area (Å²) >= 11 is 0. The molecule has 25 heavy (non-hydrogen) atoms. The van der Waals surface area contributed by atoms with E-state index in [0.717, 1.165) is 39.3 Å². The van der Waals surface area contributed by atoms with Gasteiger partial charge in [0.2, 0.25) is 5.91 Å². The number of likely N-dealkylation sites (tertiary alicyclic amines) is 1. The van der Waals surface area contributed by atoms with Gasteiger partial charge in [0.05, 0.1) is 11.6 Å². The lowest BCUT2D eigenvalue weighted by Crippen LogP contribution is -2.53. The summed E-state index contributed by atoms with van der Waals surface area (Å²) < 4.78 is 0. The van der Waals surface area contributed by atoms with Crippen LogP contribution in [0.15, 0.2) is 24.3 Å². The lowest BCUT2D eigenvalue weighted by Gasteiger charge is -2.39.